The second-order valence-corrected chi connectivity index (χ2v) is 7.07. The van der Waals surface area contributed by atoms with Gasteiger partial charge in [-0.25, -0.2) is 14.6 Å². The molecule has 2 N–H and O–H groups in total. The maximum atomic E-state index is 12.1. The van der Waals surface area contributed by atoms with E-state index in [1.807, 2.05) is 24.3 Å². The highest BCUT2D eigenvalue weighted by Crippen LogP contribution is 2.44. The molecule has 0 saturated carbocycles. The highest BCUT2D eigenvalue weighted by molar-refractivity contribution is 5.79. The SMILES string of the molecule is O=C(NCC#Cc1cnc2[nH]c(=O)oc2c1)OCC1c2ccccc2-c2ccccc21. The van der Waals surface area contributed by atoms with Gasteiger partial charge in [0.15, 0.2) is 11.2 Å². The molecule has 31 heavy (non-hydrogen) atoms. The number of H-pyrrole nitrogens is 1. The van der Waals surface area contributed by atoms with Gasteiger partial charge in [-0.3, -0.25) is 4.98 Å². The lowest BCUT2D eigenvalue weighted by molar-refractivity contribution is 0.144. The summed E-state index contributed by atoms with van der Waals surface area (Å²) in [7, 11) is 0. The second kappa shape index (κ2) is 7.84. The lowest BCUT2D eigenvalue weighted by atomic mass is 9.98. The van der Waals surface area contributed by atoms with Gasteiger partial charge in [-0.05, 0) is 22.3 Å². The van der Waals surface area contributed by atoms with Crippen molar-refractivity contribution in [3.63, 3.8) is 0 Å². The van der Waals surface area contributed by atoms with Crippen LogP contribution in [0, 0.1) is 11.8 Å². The first-order valence-corrected chi connectivity index (χ1v) is 9.75. The van der Waals surface area contributed by atoms with Crippen molar-refractivity contribution in [2.24, 2.45) is 0 Å². The molecule has 2 heterocycles. The fourth-order valence-electron chi connectivity index (χ4n) is 3.82. The van der Waals surface area contributed by atoms with E-state index in [1.54, 1.807) is 6.07 Å². The summed E-state index contributed by atoms with van der Waals surface area (Å²) < 4.78 is 10.4. The number of amides is 1. The summed E-state index contributed by atoms with van der Waals surface area (Å²) in [6.07, 6.45) is 0.995. The summed E-state index contributed by atoms with van der Waals surface area (Å²) in [5.41, 5.74) is 5.97. The van der Waals surface area contributed by atoms with Crippen molar-refractivity contribution in [3.8, 4) is 23.0 Å². The first-order valence-electron chi connectivity index (χ1n) is 9.75. The topological polar surface area (TPSA) is 97.2 Å². The van der Waals surface area contributed by atoms with Crippen molar-refractivity contribution in [1.29, 1.82) is 0 Å². The summed E-state index contributed by atoms with van der Waals surface area (Å²) in [5.74, 6) is 5.14. The van der Waals surface area contributed by atoms with E-state index in [4.69, 9.17) is 9.15 Å². The monoisotopic (exact) mass is 411 g/mol. The van der Waals surface area contributed by atoms with E-state index in [0.717, 1.165) is 11.1 Å². The van der Waals surface area contributed by atoms with E-state index in [9.17, 15) is 9.59 Å². The third-order valence-electron chi connectivity index (χ3n) is 5.17. The highest BCUT2D eigenvalue weighted by atomic mass is 16.5. The number of pyridine rings is 1. The maximum Gasteiger partial charge on any atom is 0.418 e. The van der Waals surface area contributed by atoms with Gasteiger partial charge in [0, 0.05) is 23.7 Å². The number of hydrogen-bond donors (Lipinski definition) is 2. The number of aromatic nitrogens is 2. The molecule has 152 valence electrons. The molecule has 2 aromatic heterocycles. The number of rotatable bonds is 3. The summed E-state index contributed by atoms with van der Waals surface area (Å²) >= 11 is 0. The van der Waals surface area contributed by atoms with Crippen LogP contribution in [-0.4, -0.2) is 29.2 Å². The van der Waals surface area contributed by atoms with Crippen molar-refractivity contribution in [2.75, 3.05) is 13.2 Å². The average molecular weight is 411 g/mol. The Morgan fingerprint density at radius 2 is 1.84 bits per heavy atom. The number of carbonyl (C=O) groups excluding carboxylic acids is 1. The minimum atomic E-state index is -0.565. The van der Waals surface area contributed by atoms with Crippen LogP contribution >= 0.6 is 0 Å². The predicted octanol–water partition coefficient (Wildman–Crippen LogP) is 3.41. The number of nitrogens with zero attached hydrogens (tertiary/aromatic N) is 1. The zero-order chi connectivity index (χ0) is 21.2. The lowest BCUT2D eigenvalue weighted by Crippen LogP contribution is -2.26. The Morgan fingerprint density at radius 3 is 2.58 bits per heavy atom. The molecule has 4 aromatic rings. The van der Waals surface area contributed by atoms with Crippen molar-refractivity contribution >= 4 is 17.3 Å². The molecule has 0 fully saturated rings. The zero-order valence-electron chi connectivity index (χ0n) is 16.3. The second-order valence-electron chi connectivity index (χ2n) is 7.07. The van der Waals surface area contributed by atoms with E-state index in [0.29, 0.717) is 16.8 Å². The van der Waals surface area contributed by atoms with Crippen molar-refractivity contribution < 1.29 is 13.9 Å². The van der Waals surface area contributed by atoms with Crippen LogP contribution in [0.4, 0.5) is 4.79 Å². The molecule has 0 unspecified atom stereocenters. The van der Waals surface area contributed by atoms with E-state index in [1.165, 1.54) is 17.3 Å². The first kappa shape index (κ1) is 18.7. The minimum Gasteiger partial charge on any atom is -0.449 e. The molecule has 0 saturated heterocycles. The Labute approximate surface area is 177 Å². The quantitative estimate of drug-likeness (QED) is 0.504. The van der Waals surface area contributed by atoms with Gasteiger partial charge in [-0.1, -0.05) is 60.4 Å². The van der Waals surface area contributed by atoms with Crippen LogP contribution in [0.2, 0.25) is 0 Å². The minimum absolute atomic E-state index is 0.0121. The molecular weight excluding hydrogens is 394 g/mol. The van der Waals surface area contributed by atoms with Gasteiger partial charge >= 0.3 is 11.8 Å². The molecule has 0 radical (unpaired) electrons. The Balaban J connectivity index is 1.19. The molecule has 0 bridgehead atoms. The van der Waals surface area contributed by atoms with Gasteiger partial charge in [0.1, 0.15) is 6.61 Å². The Bertz CT molecular complexity index is 1360. The van der Waals surface area contributed by atoms with Crippen LogP contribution < -0.4 is 11.1 Å². The molecule has 2 aromatic carbocycles. The molecule has 7 heteroatoms. The van der Waals surface area contributed by atoms with Gasteiger partial charge < -0.3 is 14.5 Å². The molecular formula is C24H17N3O4. The Morgan fingerprint density at radius 1 is 1.13 bits per heavy atom. The molecule has 0 aliphatic heterocycles. The van der Waals surface area contributed by atoms with Crippen LogP contribution in [-0.2, 0) is 4.74 Å². The number of ether oxygens (including phenoxy) is 1. The van der Waals surface area contributed by atoms with Gasteiger partial charge in [0.2, 0.25) is 0 Å². The van der Waals surface area contributed by atoms with Gasteiger partial charge in [0.05, 0.1) is 6.54 Å². The Kier molecular flexibility index (Phi) is 4.73. The molecule has 5 rings (SSSR count). The van der Waals surface area contributed by atoms with E-state index in [2.05, 4.69) is 51.4 Å². The van der Waals surface area contributed by atoms with Crippen LogP contribution in [0.3, 0.4) is 0 Å². The molecule has 0 atom stereocenters. The predicted molar refractivity (Wildman–Crippen MR) is 115 cm³/mol. The number of benzene rings is 2. The van der Waals surface area contributed by atoms with E-state index >= 15 is 0 Å². The number of hydrogen-bond acceptors (Lipinski definition) is 5. The van der Waals surface area contributed by atoms with Crippen LogP contribution in [0.5, 0.6) is 0 Å². The molecule has 7 nitrogen and oxygen atoms in total. The standard InChI is InChI=1S/C24H17N3O4/c28-23(25-11-5-6-15-12-21-22(26-13-15)27-24(29)31-21)30-14-20-18-9-3-1-7-16(18)17-8-2-4-10-19(17)20/h1-4,7-10,12-13,20H,11,14H2,(H,25,28)(H,26,27,29). The summed E-state index contributed by atoms with van der Waals surface area (Å²) in [4.78, 5) is 29.8. The highest BCUT2D eigenvalue weighted by Gasteiger charge is 2.28. The van der Waals surface area contributed by atoms with Gasteiger partial charge in [-0.15, -0.1) is 0 Å². The number of aromatic amines is 1. The number of nitrogens with one attached hydrogen (secondary N) is 2. The third kappa shape index (κ3) is 3.67. The van der Waals surface area contributed by atoms with Gasteiger partial charge in [0.25, 0.3) is 0 Å². The smallest absolute Gasteiger partial charge is 0.418 e. The molecule has 1 aliphatic carbocycles. The molecule has 1 amide bonds. The van der Waals surface area contributed by atoms with Gasteiger partial charge in [-0.2, -0.15) is 0 Å². The summed E-state index contributed by atoms with van der Waals surface area (Å²) in [5, 5.41) is 2.63. The molecule has 1 aliphatic rings. The third-order valence-corrected chi connectivity index (χ3v) is 5.17. The lowest BCUT2D eigenvalue weighted by Gasteiger charge is -2.14. The zero-order valence-corrected chi connectivity index (χ0v) is 16.3. The van der Waals surface area contributed by atoms with Crippen molar-refractivity contribution in [2.45, 2.75) is 5.92 Å². The maximum absolute atomic E-state index is 12.1. The van der Waals surface area contributed by atoms with E-state index in [-0.39, 0.29) is 19.1 Å². The average Bonchev–Trinajstić information content (AvgIpc) is 3.32. The number of carbonyl (C=O) groups is 1. The Hall–Kier alpha value is -4.31. The number of alkyl carbamates (subject to hydrolysis) is 1. The van der Waals surface area contributed by atoms with Crippen molar-refractivity contribution in [3.05, 3.63) is 88.0 Å². The number of fused-ring (bicyclic) bond motifs is 4. The normalized spacial score (nSPS) is 12.0. The summed E-state index contributed by atoms with van der Waals surface area (Å²) in [6.45, 7) is 0.367. The van der Waals surface area contributed by atoms with E-state index < -0.39 is 11.8 Å². The van der Waals surface area contributed by atoms with Crippen LogP contribution in [0.15, 0.2) is 70.0 Å². The first-order chi connectivity index (χ1) is 15.2. The fraction of sp³-hybridized carbons (Fsp3) is 0.125. The number of oxazole rings is 1. The largest absolute Gasteiger partial charge is 0.449 e. The van der Waals surface area contributed by atoms with Crippen LogP contribution in [0.25, 0.3) is 22.4 Å². The molecule has 0 spiro atoms. The summed E-state index contributed by atoms with van der Waals surface area (Å²) in [6, 6.07) is 18.0. The van der Waals surface area contributed by atoms with Crippen molar-refractivity contribution in [1.82, 2.24) is 15.3 Å². The van der Waals surface area contributed by atoms with Crippen LogP contribution in [0.1, 0.15) is 22.6 Å². The fourth-order valence-corrected chi connectivity index (χ4v) is 3.82.